The third-order valence-corrected chi connectivity index (χ3v) is 3.77. The summed E-state index contributed by atoms with van der Waals surface area (Å²) in [6.45, 7) is 7.55. The van der Waals surface area contributed by atoms with E-state index in [-0.39, 0.29) is 17.6 Å². The molecule has 1 aromatic carbocycles. The molecule has 0 saturated carbocycles. The number of carbonyl (C=O) groups is 1. The van der Waals surface area contributed by atoms with Crippen LogP contribution < -0.4 is 10.1 Å². The molecule has 1 heterocycles. The number of pyridine rings is 1. The van der Waals surface area contributed by atoms with Crippen LogP contribution in [0.1, 0.15) is 37.8 Å². The summed E-state index contributed by atoms with van der Waals surface area (Å²) < 4.78 is 5.46. The van der Waals surface area contributed by atoms with Crippen molar-refractivity contribution in [2.24, 2.45) is 0 Å². The van der Waals surface area contributed by atoms with Crippen molar-refractivity contribution in [3.63, 3.8) is 0 Å². The second-order valence-corrected chi connectivity index (χ2v) is 6.03. The number of nitrogens with zero attached hydrogens (tertiary/aromatic N) is 2. The van der Waals surface area contributed by atoms with Gasteiger partial charge in [-0.05, 0) is 52.9 Å². The van der Waals surface area contributed by atoms with E-state index < -0.39 is 16.8 Å². The van der Waals surface area contributed by atoms with Crippen LogP contribution in [0.2, 0.25) is 0 Å². The molecule has 1 N–H and O–H groups in total. The van der Waals surface area contributed by atoms with Crippen molar-refractivity contribution in [2.75, 3.05) is 5.32 Å². The maximum atomic E-state index is 12.5. The summed E-state index contributed by atoms with van der Waals surface area (Å²) in [6.07, 6.45) is 0.389. The Morgan fingerprint density at radius 1 is 1.24 bits per heavy atom. The molecule has 0 aliphatic carbocycles. The Morgan fingerprint density at radius 2 is 1.96 bits per heavy atom. The first-order chi connectivity index (χ1) is 11.8. The van der Waals surface area contributed by atoms with Crippen LogP contribution in [0.4, 0.5) is 11.5 Å². The maximum absolute atomic E-state index is 12.5. The van der Waals surface area contributed by atoms with E-state index >= 15 is 0 Å². The molecule has 0 fully saturated rings. The van der Waals surface area contributed by atoms with Gasteiger partial charge >= 0.3 is 5.82 Å². The number of carbonyl (C=O) groups excluding carboxylic acids is 1. The second kappa shape index (κ2) is 7.74. The van der Waals surface area contributed by atoms with Crippen molar-refractivity contribution in [1.29, 1.82) is 0 Å². The smallest absolute Gasteiger partial charge is 0.406 e. The van der Waals surface area contributed by atoms with Gasteiger partial charge in [0.2, 0.25) is 5.75 Å². The van der Waals surface area contributed by atoms with Gasteiger partial charge in [0, 0.05) is 5.69 Å². The number of ether oxygens (including phenoxy) is 1. The molecule has 0 saturated heterocycles. The van der Waals surface area contributed by atoms with Gasteiger partial charge in [-0.15, -0.1) is 0 Å². The molecule has 25 heavy (non-hydrogen) atoms. The molecule has 132 valence electrons. The van der Waals surface area contributed by atoms with Crippen LogP contribution in [0.3, 0.4) is 0 Å². The standard InChI is InChI=1S/C18H21N3O4/c1-11(2)14-8-5-7-12(3)16(14)20-18(22)13(4)25-15-9-6-10-19-17(15)21(23)24/h5-11,13H,1-4H3,(H,20,22). The monoisotopic (exact) mass is 343 g/mol. The largest absolute Gasteiger partial charge is 0.473 e. The molecule has 1 atom stereocenters. The van der Waals surface area contributed by atoms with E-state index in [4.69, 9.17) is 4.74 Å². The number of rotatable bonds is 6. The number of nitro groups is 1. The summed E-state index contributed by atoms with van der Waals surface area (Å²) >= 11 is 0. The quantitative estimate of drug-likeness (QED) is 0.635. The molecule has 0 aliphatic rings. The van der Waals surface area contributed by atoms with E-state index in [1.54, 1.807) is 6.92 Å². The molecular formula is C18H21N3O4. The van der Waals surface area contributed by atoms with Crippen molar-refractivity contribution in [2.45, 2.75) is 39.7 Å². The van der Waals surface area contributed by atoms with E-state index in [1.807, 2.05) is 39.0 Å². The molecule has 7 heteroatoms. The number of nitrogens with one attached hydrogen (secondary N) is 1. The molecule has 1 aromatic heterocycles. The fourth-order valence-corrected chi connectivity index (χ4v) is 2.42. The number of anilines is 1. The van der Waals surface area contributed by atoms with Crippen LogP contribution in [-0.4, -0.2) is 21.9 Å². The van der Waals surface area contributed by atoms with Gasteiger partial charge in [0.25, 0.3) is 5.91 Å². The summed E-state index contributed by atoms with van der Waals surface area (Å²) in [5.74, 6) is -0.592. The Bertz CT molecular complexity index is 790. The molecular weight excluding hydrogens is 322 g/mol. The van der Waals surface area contributed by atoms with Gasteiger partial charge in [0.05, 0.1) is 0 Å². The van der Waals surface area contributed by atoms with Gasteiger partial charge in [0.15, 0.2) is 6.10 Å². The third-order valence-electron chi connectivity index (χ3n) is 3.77. The molecule has 1 amide bonds. The van der Waals surface area contributed by atoms with Crippen LogP contribution in [-0.2, 0) is 4.79 Å². The number of aryl methyl sites for hydroxylation is 1. The van der Waals surface area contributed by atoms with E-state index in [0.717, 1.165) is 16.8 Å². The Kier molecular flexibility index (Phi) is 5.69. The van der Waals surface area contributed by atoms with Crippen molar-refractivity contribution in [1.82, 2.24) is 4.98 Å². The van der Waals surface area contributed by atoms with Crippen molar-refractivity contribution in [3.8, 4) is 5.75 Å². The third kappa shape index (κ3) is 4.32. The predicted octanol–water partition coefficient (Wildman–Crippen LogP) is 3.83. The highest BCUT2D eigenvalue weighted by atomic mass is 16.6. The van der Waals surface area contributed by atoms with Gasteiger partial charge < -0.3 is 20.2 Å². The zero-order chi connectivity index (χ0) is 18.6. The zero-order valence-electron chi connectivity index (χ0n) is 14.6. The van der Waals surface area contributed by atoms with E-state index in [9.17, 15) is 14.9 Å². The molecule has 2 rings (SSSR count). The van der Waals surface area contributed by atoms with Gasteiger partial charge in [-0.1, -0.05) is 32.0 Å². The second-order valence-electron chi connectivity index (χ2n) is 6.03. The van der Waals surface area contributed by atoms with E-state index in [0.29, 0.717) is 0 Å². The maximum Gasteiger partial charge on any atom is 0.406 e. The Hall–Kier alpha value is -2.96. The summed E-state index contributed by atoms with van der Waals surface area (Å²) in [6, 6.07) is 8.76. The minimum atomic E-state index is -0.914. The SMILES string of the molecule is Cc1cccc(C(C)C)c1NC(=O)C(C)Oc1cccnc1[N+](=O)[O-]. The number of hydrogen-bond donors (Lipinski definition) is 1. The van der Waals surface area contributed by atoms with E-state index in [1.165, 1.54) is 18.3 Å². The first-order valence-electron chi connectivity index (χ1n) is 7.97. The summed E-state index contributed by atoms with van der Waals surface area (Å²) in [7, 11) is 0. The fourth-order valence-electron chi connectivity index (χ4n) is 2.42. The van der Waals surface area contributed by atoms with Crippen molar-refractivity contribution in [3.05, 3.63) is 57.8 Å². The van der Waals surface area contributed by atoms with Crippen molar-refractivity contribution >= 4 is 17.4 Å². The topological polar surface area (TPSA) is 94.4 Å². The summed E-state index contributed by atoms with van der Waals surface area (Å²) in [5, 5.41) is 13.9. The van der Waals surface area contributed by atoms with Crippen LogP contribution in [0.25, 0.3) is 0 Å². The average Bonchev–Trinajstić information content (AvgIpc) is 2.56. The normalized spacial score (nSPS) is 11.9. The number of hydrogen-bond acceptors (Lipinski definition) is 5. The molecule has 7 nitrogen and oxygen atoms in total. The lowest BCUT2D eigenvalue weighted by Crippen LogP contribution is -2.31. The number of amides is 1. The highest BCUT2D eigenvalue weighted by Gasteiger charge is 2.23. The van der Waals surface area contributed by atoms with Gasteiger partial charge in [0.1, 0.15) is 6.20 Å². The first kappa shape index (κ1) is 18.4. The van der Waals surface area contributed by atoms with Crippen LogP contribution in [0.15, 0.2) is 36.5 Å². The average molecular weight is 343 g/mol. The van der Waals surface area contributed by atoms with Gasteiger partial charge in [-0.2, -0.15) is 0 Å². The Balaban J connectivity index is 2.19. The highest BCUT2D eigenvalue weighted by Crippen LogP contribution is 2.28. The molecule has 0 spiro atoms. The minimum Gasteiger partial charge on any atom is -0.473 e. The molecule has 2 aromatic rings. The van der Waals surface area contributed by atoms with Gasteiger partial charge in [-0.3, -0.25) is 4.79 Å². The number of para-hydroxylation sites is 1. The molecule has 0 radical (unpaired) electrons. The molecule has 0 bridgehead atoms. The summed E-state index contributed by atoms with van der Waals surface area (Å²) in [4.78, 5) is 26.5. The minimum absolute atomic E-state index is 0.0379. The molecule has 0 aliphatic heterocycles. The van der Waals surface area contributed by atoms with Crippen LogP contribution in [0, 0.1) is 17.0 Å². The van der Waals surface area contributed by atoms with Crippen LogP contribution in [0.5, 0.6) is 5.75 Å². The lowest BCUT2D eigenvalue weighted by atomic mass is 9.98. The number of benzene rings is 1. The highest BCUT2D eigenvalue weighted by molar-refractivity contribution is 5.95. The lowest BCUT2D eigenvalue weighted by molar-refractivity contribution is -0.390. The van der Waals surface area contributed by atoms with Gasteiger partial charge in [-0.25, -0.2) is 0 Å². The Morgan fingerprint density at radius 3 is 2.60 bits per heavy atom. The van der Waals surface area contributed by atoms with Crippen molar-refractivity contribution < 1.29 is 14.5 Å². The lowest BCUT2D eigenvalue weighted by Gasteiger charge is -2.19. The van der Waals surface area contributed by atoms with Crippen LogP contribution >= 0.6 is 0 Å². The number of aromatic nitrogens is 1. The first-order valence-corrected chi connectivity index (χ1v) is 7.97. The van der Waals surface area contributed by atoms with E-state index in [2.05, 4.69) is 10.3 Å². The summed E-state index contributed by atoms with van der Waals surface area (Å²) in [5.41, 5.74) is 2.71. The predicted molar refractivity (Wildman–Crippen MR) is 94.9 cm³/mol. The Labute approximate surface area is 146 Å². The molecule has 1 unspecified atom stereocenters. The fraction of sp³-hybridized carbons (Fsp3) is 0.333. The zero-order valence-corrected chi connectivity index (χ0v) is 14.6.